The second kappa shape index (κ2) is 8.68. The van der Waals surface area contributed by atoms with E-state index in [0.717, 1.165) is 17.7 Å². The molecule has 1 atom stereocenters. The number of nitrogens with one attached hydrogen (secondary N) is 1. The van der Waals surface area contributed by atoms with Gasteiger partial charge in [-0.1, -0.05) is 60.7 Å². The zero-order chi connectivity index (χ0) is 19.1. The van der Waals surface area contributed by atoms with Gasteiger partial charge in [-0.3, -0.25) is 4.90 Å². The molecular weight excluding hydrogens is 344 g/mol. The maximum atomic E-state index is 12.2. The van der Waals surface area contributed by atoms with Crippen molar-refractivity contribution in [1.29, 1.82) is 0 Å². The normalized spacial score (nSPS) is 20.0. The van der Waals surface area contributed by atoms with Crippen LogP contribution in [0.3, 0.4) is 0 Å². The van der Waals surface area contributed by atoms with Gasteiger partial charge in [0.25, 0.3) is 0 Å². The van der Waals surface area contributed by atoms with Crippen LogP contribution in [0.2, 0.25) is 0 Å². The van der Waals surface area contributed by atoms with Gasteiger partial charge in [0, 0.05) is 13.1 Å². The third kappa shape index (κ3) is 5.08. The van der Waals surface area contributed by atoms with Gasteiger partial charge in [0.05, 0.1) is 0 Å². The largest absolute Gasteiger partial charge is 0.479 e. The highest BCUT2D eigenvalue weighted by Gasteiger charge is 2.44. The van der Waals surface area contributed by atoms with Gasteiger partial charge in [0.1, 0.15) is 6.61 Å². The van der Waals surface area contributed by atoms with E-state index in [2.05, 4.69) is 10.2 Å². The van der Waals surface area contributed by atoms with Crippen LogP contribution in [0.25, 0.3) is 0 Å². The van der Waals surface area contributed by atoms with Crippen molar-refractivity contribution < 1.29 is 19.4 Å². The van der Waals surface area contributed by atoms with Gasteiger partial charge < -0.3 is 15.2 Å². The van der Waals surface area contributed by atoms with Crippen molar-refractivity contribution >= 4 is 12.1 Å². The average molecular weight is 368 g/mol. The van der Waals surface area contributed by atoms with Crippen LogP contribution in [-0.2, 0) is 22.7 Å². The number of hydrogen-bond donors (Lipinski definition) is 2. The molecule has 2 aromatic rings. The summed E-state index contributed by atoms with van der Waals surface area (Å²) in [7, 11) is 0. The zero-order valence-electron chi connectivity index (χ0n) is 15.1. The van der Waals surface area contributed by atoms with Gasteiger partial charge in [-0.05, 0) is 30.5 Å². The minimum absolute atomic E-state index is 0.107. The summed E-state index contributed by atoms with van der Waals surface area (Å²) in [6.45, 7) is 1.80. The number of carbonyl (C=O) groups is 2. The van der Waals surface area contributed by atoms with Crippen molar-refractivity contribution in [3.63, 3.8) is 0 Å². The molecule has 1 unspecified atom stereocenters. The highest BCUT2D eigenvalue weighted by molar-refractivity contribution is 5.84. The Bertz CT molecular complexity index is 766. The number of carbonyl (C=O) groups excluding carboxylic acids is 1. The van der Waals surface area contributed by atoms with E-state index in [1.807, 2.05) is 60.7 Å². The SMILES string of the molecule is O=C(NC1(C(=O)O)CCCN(Cc2ccccc2)C1)OCc1ccccc1. The molecule has 1 aliphatic rings. The fraction of sp³-hybridized carbons (Fsp3) is 0.333. The highest BCUT2D eigenvalue weighted by atomic mass is 16.5. The Labute approximate surface area is 158 Å². The van der Waals surface area contributed by atoms with Crippen LogP contribution in [0, 0.1) is 0 Å². The number of likely N-dealkylation sites (tertiary alicyclic amines) is 1. The molecule has 2 N–H and O–H groups in total. The number of rotatable bonds is 6. The first-order chi connectivity index (χ1) is 13.1. The molecule has 142 valence electrons. The summed E-state index contributed by atoms with van der Waals surface area (Å²) >= 11 is 0. The molecule has 0 radical (unpaired) electrons. The summed E-state index contributed by atoms with van der Waals surface area (Å²) < 4.78 is 5.23. The number of hydrogen-bond acceptors (Lipinski definition) is 4. The Morgan fingerprint density at radius 3 is 2.30 bits per heavy atom. The van der Waals surface area contributed by atoms with Gasteiger partial charge >= 0.3 is 12.1 Å². The van der Waals surface area contributed by atoms with Crippen LogP contribution in [0.1, 0.15) is 24.0 Å². The molecule has 6 heteroatoms. The van der Waals surface area contributed by atoms with E-state index in [1.54, 1.807) is 0 Å². The van der Waals surface area contributed by atoms with E-state index in [-0.39, 0.29) is 13.2 Å². The quantitative estimate of drug-likeness (QED) is 0.819. The third-order valence-corrected chi connectivity index (χ3v) is 4.78. The van der Waals surface area contributed by atoms with E-state index < -0.39 is 17.6 Å². The van der Waals surface area contributed by atoms with Crippen LogP contribution in [0.15, 0.2) is 60.7 Å². The van der Waals surface area contributed by atoms with Gasteiger partial charge in [0.2, 0.25) is 0 Å². The minimum Gasteiger partial charge on any atom is -0.479 e. The second-order valence-electron chi connectivity index (χ2n) is 6.87. The van der Waals surface area contributed by atoms with Gasteiger partial charge in [-0.2, -0.15) is 0 Å². The van der Waals surface area contributed by atoms with E-state index in [9.17, 15) is 14.7 Å². The summed E-state index contributed by atoms with van der Waals surface area (Å²) in [4.78, 5) is 26.3. The molecule has 1 heterocycles. The lowest BCUT2D eigenvalue weighted by molar-refractivity contribution is -0.147. The Morgan fingerprint density at radius 1 is 1.04 bits per heavy atom. The summed E-state index contributed by atoms with van der Waals surface area (Å²) in [5.74, 6) is -1.03. The molecule has 1 fully saturated rings. The first kappa shape index (κ1) is 18.9. The monoisotopic (exact) mass is 368 g/mol. The van der Waals surface area contributed by atoms with Crippen molar-refractivity contribution in [1.82, 2.24) is 10.2 Å². The number of carboxylic acid groups (broad SMARTS) is 1. The molecule has 0 saturated carbocycles. The average Bonchev–Trinajstić information content (AvgIpc) is 2.68. The number of amides is 1. The Morgan fingerprint density at radius 2 is 1.67 bits per heavy atom. The smallest absolute Gasteiger partial charge is 0.408 e. The maximum absolute atomic E-state index is 12.2. The predicted molar refractivity (Wildman–Crippen MR) is 101 cm³/mol. The topological polar surface area (TPSA) is 78.9 Å². The molecule has 27 heavy (non-hydrogen) atoms. The number of benzene rings is 2. The van der Waals surface area contributed by atoms with E-state index in [4.69, 9.17) is 4.74 Å². The first-order valence-electron chi connectivity index (χ1n) is 9.06. The fourth-order valence-corrected chi connectivity index (χ4v) is 3.41. The molecule has 3 rings (SSSR count). The lowest BCUT2D eigenvalue weighted by Crippen LogP contribution is -2.63. The van der Waals surface area contributed by atoms with Crippen molar-refractivity contribution in [2.75, 3.05) is 13.1 Å². The first-order valence-corrected chi connectivity index (χ1v) is 9.06. The van der Waals surface area contributed by atoms with Crippen molar-refractivity contribution in [2.24, 2.45) is 0 Å². The molecule has 0 bridgehead atoms. The molecule has 2 aromatic carbocycles. The van der Waals surface area contributed by atoms with Crippen LogP contribution in [-0.4, -0.2) is 40.7 Å². The number of aliphatic carboxylic acids is 1. The number of nitrogens with zero attached hydrogens (tertiary/aromatic N) is 1. The zero-order valence-corrected chi connectivity index (χ0v) is 15.1. The molecule has 1 saturated heterocycles. The lowest BCUT2D eigenvalue weighted by Gasteiger charge is -2.40. The lowest BCUT2D eigenvalue weighted by atomic mass is 9.89. The van der Waals surface area contributed by atoms with Crippen molar-refractivity contribution in [3.05, 3.63) is 71.8 Å². The van der Waals surface area contributed by atoms with Gasteiger partial charge in [0.15, 0.2) is 5.54 Å². The second-order valence-corrected chi connectivity index (χ2v) is 6.87. The fourth-order valence-electron chi connectivity index (χ4n) is 3.41. The van der Waals surface area contributed by atoms with Crippen molar-refractivity contribution in [2.45, 2.75) is 31.5 Å². The number of alkyl carbamates (subject to hydrolysis) is 1. The molecular formula is C21H24N2O4. The summed E-state index contributed by atoms with van der Waals surface area (Å²) in [6, 6.07) is 19.2. The van der Waals surface area contributed by atoms with Crippen LogP contribution in [0.4, 0.5) is 4.79 Å². The highest BCUT2D eigenvalue weighted by Crippen LogP contribution is 2.23. The van der Waals surface area contributed by atoms with Crippen molar-refractivity contribution in [3.8, 4) is 0 Å². The Balaban J connectivity index is 1.62. The Hall–Kier alpha value is -2.86. The third-order valence-electron chi connectivity index (χ3n) is 4.78. The van der Waals surface area contributed by atoms with Gasteiger partial charge in [-0.15, -0.1) is 0 Å². The standard InChI is InChI=1S/C21H24N2O4/c24-19(25)21(22-20(26)27-15-18-10-5-2-6-11-18)12-7-13-23(16-21)14-17-8-3-1-4-9-17/h1-6,8-11H,7,12-16H2,(H,22,26)(H,24,25). The van der Waals surface area contributed by atoms with Crippen LogP contribution < -0.4 is 5.32 Å². The molecule has 0 aromatic heterocycles. The summed E-state index contributed by atoms with van der Waals surface area (Å²) in [5, 5.41) is 12.4. The predicted octanol–water partition coefficient (Wildman–Crippen LogP) is 3.03. The minimum atomic E-state index is -1.33. The molecule has 0 spiro atoms. The van der Waals surface area contributed by atoms with Crippen LogP contribution >= 0.6 is 0 Å². The van der Waals surface area contributed by atoms with E-state index in [1.165, 1.54) is 0 Å². The van der Waals surface area contributed by atoms with Gasteiger partial charge in [-0.25, -0.2) is 9.59 Å². The number of ether oxygens (including phenoxy) is 1. The maximum Gasteiger partial charge on any atom is 0.408 e. The summed E-state index contributed by atoms with van der Waals surface area (Å²) in [5.41, 5.74) is 0.637. The molecule has 6 nitrogen and oxygen atoms in total. The van der Waals surface area contributed by atoms with Crippen LogP contribution in [0.5, 0.6) is 0 Å². The van der Waals surface area contributed by atoms with E-state index in [0.29, 0.717) is 19.4 Å². The van der Waals surface area contributed by atoms with E-state index >= 15 is 0 Å². The molecule has 1 aliphatic heterocycles. The molecule has 0 aliphatic carbocycles. The number of carboxylic acids is 1. The number of piperidine rings is 1. The summed E-state index contributed by atoms with van der Waals surface area (Å²) in [6.07, 6.45) is 0.370. The molecule has 1 amide bonds. The Kier molecular flexibility index (Phi) is 6.08.